The van der Waals surface area contributed by atoms with E-state index in [0.29, 0.717) is 24.7 Å². The number of nitrogens with one attached hydrogen (secondary N) is 2. The van der Waals surface area contributed by atoms with Crippen molar-refractivity contribution in [1.82, 2.24) is 0 Å². The van der Waals surface area contributed by atoms with Crippen molar-refractivity contribution in [1.29, 1.82) is 0 Å². The molecule has 1 amide bonds. The van der Waals surface area contributed by atoms with Crippen LogP contribution in [0.2, 0.25) is 0 Å². The quantitative estimate of drug-likeness (QED) is 0.294. The first-order valence-corrected chi connectivity index (χ1v) is 10.7. The van der Waals surface area contributed by atoms with Crippen LogP contribution in [0, 0.1) is 0 Å². The fourth-order valence-electron chi connectivity index (χ4n) is 2.86. The Hall–Kier alpha value is -2.95. The Morgan fingerprint density at radius 3 is 2.60 bits per heavy atom. The normalized spacial score (nSPS) is 10.3. The van der Waals surface area contributed by atoms with E-state index >= 15 is 0 Å². The second-order valence-corrected chi connectivity index (χ2v) is 7.43. The number of anilines is 2. The molecule has 2 N–H and O–H groups in total. The zero-order valence-corrected chi connectivity index (χ0v) is 18.2. The summed E-state index contributed by atoms with van der Waals surface area (Å²) in [6, 6.07) is 15.1. The smallest absolute Gasteiger partial charge is 0.243 e. The van der Waals surface area contributed by atoms with Crippen LogP contribution < -0.4 is 20.1 Å². The molecule has 0 spiro atoms. The third-order valence-electron chi connectivity index (χ3n) is 4.44. The molecule has 0 aliphatic carbocycles. The molecular formula is C25H34N2O3. The average molecular weight is 411 g/mol. The Morgan fingerprint density at radius 1 is 1.00 bits per heavy atom. The lowest BCUT2D eigenvalue weighted by Crippen LogP contribution is -2.22. The molecule has 0 unspecified atom stereocenters. The van der Waals surface area contributed by atoms with Gasteiger partial charge in [-0.2, -0.15) is 0 Å². The van der Waals surface area contributed by atoms with Crippen molar-refractivity contribution in [3.8, 4) is 11.5 Å². The van der Waals surface area contributed by atoms with Crippen LogP contribution in [0.25, 0.3) is 0 Å². The Kier molecular flexibility index (Phi) is 10.3. The number of rotatable bonds is 14. The number of para-hydroxylation sites is 2. The van der Waals surface area contributed by atoms with E-state index in [1.54, 1.807) is 0 Å². The number of hydrogen-bond donors (Lipinski definition) is 2. The molecule has 0 fully saturated rings. The lowest BCUT2D eigenvalue weighted by Gasteiger charge is -2.13. The van der Waals surface area contributed by atoms with Crippen LogP contribution in [0.1, 0.15) is 46.0 Å². The van der Waals surface area contributed by atoms with E-state index in [2.05, 4.69) is 24.1 Å². The van der Waals surface area contributed by atoms with E-state index < -0.39 is 0 Å². The summed E-state index contributed by atoms with van der Waals surface area (Å²) in [4.78, 5) is 12.4. The van der Waals surface area contributed by atoms with Gasteiger partial charge in [-0.05, 0) is 43.2 Å². The van der Waals surface area contributed by atoms with Gasteiger partial charge in [0.05, 0.1) is 18.8 Å². The first kappa shape index (κ1) is 23.3. The van der Waals surface area contributed by atoms with Gasteiger partial charge in [-0.15, -0.1) is 0 Å². The highest BCUT2D eigenvalue weighted by Crippen LogP contribution is 2.24. The minimum atomic E-state index is -0.149. The van der Waals surface area contributed by atoms with Crippen LogP contribution in [-0.2, 0) is 4.79 Å². The van der Waals surface area contributed by atoms with Crippen LogP contribution in [0.4, 0.5) is 11.4 Å². The van der Waals surface area contributed by atoms with Crippen LogP contribution in [0.3, 0.4) is 0 Å². The van der Waals surface area contributed by atoms with Crippen molar-refractivity contribution in [2.45, 2.75) is 46.0 Å². The largest absolute Gasteiger partial charge is 0.494 e. The van der Waals surface area contributed by atoms with Crippen molar-refractivity contribution in [2.24, 2.45) is 0 Å². The number of benzene rings is 2. The summed E-state index contributed by atoms with van der Waals surface area (Å²) in [6.07, 6.45) is 6.05. The minimum absolute atomic E-state index is 0.148. The second kappa shape index (κ2) is 13.3. The van der Waals surface area contributed by atoms with Crippen molar-refractivity contribution < 1.29 is 14.3 Å². The maximum Gasteiger partial charge on any atom is 0.243 e. The molecule has 0 heterocycles. The number of unbranched alkanes of at least 4 members (excludes halogenated alkanes) is 4. The summed E-state index contributed by atoms with van der Waals surface area (Å²) in [5, 5.41) is 6.04. The molecule has 5 nitrogen and oxygen atoms in total. The van der Waals surface area contributed by atoms with Crippen LogP contribution in [0.15, 0.2) is 60.7 Å². The highest BCUT2D eigenvalue weighted by atomic mass is 16.5. The number of amides is 1. The van der Waals surface area contributed by atoms with Gasteiger partial charge in [-0.25, -0.2) is 0 Å². The van der Waals surface area contributed by atoms with Gasteiger partial charge < -0.3 is 20.1 Å². The highest BCUT2D eigenvalue weighted by molar-refractivity contribution is 5.95. The van der Waals surface area contributed by atoms with Crippen molar-refractivity contribution >= 4 is 17.3 Å². The highest BCUT2D eigenvalue weighted by Gasteiger charge is 2.08. The fraction of sp³-hybridized carbons (Fsp3) is 0.400. The number of hydrogen-bond acceptors (Lipinski definition) is 4. The first-order chi connectivity index (χ1) is 14.6. The van der Waals surface area contributed by atoms with Crippen molar-refractivity contribution in [3.05, 3.63) is 60.7 Å². The molecule has 2 aromatic rings. The molecule has 0 bridgehead atoms. The van der Waals surface area contributed by atoms with Crippen molar-refractivity contribution in [3.63, 3.8) is 0 Å². The topological polar surface area (TPSA) is 59.6 Å². The minimum Gasteiger partial charge on any atom is -0.494 e. The molecular weight excluding hydrogens is 376 g/mol. The third kappa shape index (κ3) is 9.03. The molecule has 0 radical (unpaired) electrons. The molecule has 0 aliphatic rings. The first-order valence-electron chi connectivity index (χ1n) is 10.7. The van der Waals surface area contributed by atoms with Gasteiger partial charge in [0.1, 0.15) is 18.1 Å². The van der Waals surface area contributed by atoms with Crippen LogP contribution in [-0.4, -0.2) is 25.7 Å². The lowest BCUT2D eigenvalue weighted by atomic mass is 10.2. The molecule has 5 heteroatoms. The third-order valence-corrected chi connectivity index (χ3v) is 4.44. The van der Waals surface area contributed by atoms with Crippen LogP contribution >= 0.6 is 0 Å². The molecule has 0 saturated carbocycles. The molecule has 0 saturated heterocycles. The van der Waals surface area contributed by atoms with E-state index in [4.69, 9.17) is 9.47 Å². The molecule has 0 aromatic heterocycles. The molecule has 30 heavy (non-hydrogen) atoms. The van der Waals surface area contributed by atoms with Gasteiger partial charge in [-0.1, -0.05) is 57.4 Å². The van der Waals surface area contributed by atoms with Gasteiger partial charge in [0.15, 0.2) is 0 Å². The lowest BCUT2D eigenvalue weighted by molar-refractivity contribution is -0.114. The molecule has 2 rings (SSSR count). The Bertz CT molecular complexity index is 804. The van der Waals surface area contributed by atoms with Gasteiger partial charge in [-0.3, -0.25) is 4.79 Å². The molecule has 2 aromatic carbocycles. The van der Waals surface area contributed by atoms with E-state index in [9.17, 15) is 4.79 Å². The van der Waals surface area contributed by atoms with Crippen molar-refractivity contribution in [2.75, 3.05) is 30.4 Å². The van der Waals surface area contributed by atoms with E-state index in [-0.39, 0.29) is 12.5 Å². The van der Waals surface area contributed by atoms with E-state index in [0.717, 1.165) is 23.4 Å². The zero-order chi connectivity index (χ0) is 21.6. The fourth-order valence-corrected chi connectivity index (χ4v) is 2.86. The summed E-state index contributed by atoms with van der Waals surface area (Å²) >= 11 is 0. The monoisotopic (exact) mass is 410 g/mol. The molecule has 0 aliphatic heterocycles. The molecule has 162 valence electrons. The number of ether oxygens (including phenoxy) is 2. The summed E-state index contributed by atoms with van der Waals surface area (Å²) in [5.41, 5.74) is 2.41. The van der Waals surface area contributed by atoms with Gasteiger partial charge in [0.25, 0.3) is 0 Å². The maximum atomic E-state index is 12.4. The molecule has 0 atom stereocenters. The number of carbonyl (C=O) groups is 1. The maximum absolute atomic E-state index is 12.4. The van der Waals surface area contributed by atoms with Gasteiger partial charge >= 0.3 is 0 Å². The van der Waals surface area contributed by atoms with E-state index in [1.165, 1.54) is 25.7 Å². The second-order valence-electron chi connectivity index (χ2n) is 7.43. The summed E-state index contributed by atoms with van der Waals surface area (Å²) in [5.74, 6) is 1.29. The Balaban J connectivity index is 1.79. The SMILES string of the molecule is C=C(C)COc1ccccc1NC(=O)CNc1cccc(OCCCCCCC)c1. The summed E-state index contributed by atoms with van der Waals surface area (Å²) in [6.45, 7) is 9.22. The Morgan fingerprint density at radius 2 is 1.80 bits per heavy atom. The summed E-state index contributed by atoms with van der Waals surface area (Å²) < 4.78 is 11.5. The summed E-state index contributed by atoms with van der Waals surface area (Å²) in [7, 11) is 0. The predicted octanol–water partition coefficient (Wildman–Crippen LogP) is 6.04. The number of carbonyl (C=O) groups excluding carboxylic acids is 1. The zero-order valence-electron chi connectivity index (χ0n) is 18.2. The van der Waals surface area contributed by atoms with E-state index in [1.807, 2.05) is 55.5 Å². The van der Waals surface area contributed by atoms with Crippen LogP contribution in [0.5, 0.6) is 11.5 Å². The standard InChI is InChI=1S/C25H34N2O3/c1-4-5-6-7-10-16-29-22-13-11-12-21(17-22)26-18-25(28)27-23-14-8-9-15-24(23)30-19-20(2)3/h8-9,11-15,17,26H,2,4-7,10,16,18-19H2,1,3H3,(H,27,28). The predicted molar refractivity (Wildman–Crippen MR) is 125 cm³/mol. The Labute approximate surface area is 180 Å². The van der Waals surface area contributed by atoms with Gasteiger partial charge in [0, 0.05) is 11.8 Å². The van der Waals surface area contributed by atoms with Gasteiger partial charge in [0.2, 0.25) is 5.91 Å². The average Bonchev–Trinajstić information content (AvgIpc) is 2.74.